The van der Waals surface area contributed by atoms with E-state index >= 15 is 0 Å². The molecule has 0 saturated heterocycles. The van der Waals surface area contributed by atoms with E-state index in [1.807, 2.05) is 11.4 Å². The molecule has 3 heterocycles. The second-order valence-electron chi connectivity index (χ2n) is 6.90. The van der Waals surface area contributed by atoms with Gasteiger partial charge in [-0.3, -0.25) is 18.6 Å². The zero-order valence-electron chi connectivity index (χ0n) is 16.3. The predicted molar refractivity (Wildman–Crippen MR) is 114 cm³/mol. The molecule has 0 saturated carbocycles. The molecule has 0 N–H and O–H groups in total. The molecule has 0 unspecified atom stereocenters. The van der Waals surface area contributed by atoms with Gasteiger partial charge in [0.25, 0.3) is 5.56 Å². The topological polar surface area (TPSA) is 78.5 Å². The third-order valence-electron chi connectivity index (χ3n) is 4.99. The van der Waals surface area contributed by atoms with Crippen molar-refractivity contribution in [3.05, 3.63) is 93.1 Å². The van der Waals surface area contributed by atoms with Gasteiger partial charge in [0, 0.05) is 18.2 Å². The van der Waals surface area contributed by atoms with E-state index < -0.39 is 0 Å². The average molecular weight is 434 g/mol. The first-order valence-corrected chi connectivity index (χ1v) is 10.2. The number of ketones is 1. The maximum Gasteiger partial charge on any atom is 0.272 e. The normalized spacial score (nSPS) is 11.3. The fourth-order valence-electron chi connectivity index (χ4n) is 3.36. The summed E-state index contributed by atoms with van der Waals surface area (Å²) in [7, 11) is 1.66. The molecule has 31 heavy (non-hydrogen) atoms. The highest BCUT2D eigenvalue weighted by atomic mass is 32.1. The summed E-state index contributed by atoms with van der Waals surface area (Å²) in [5, 5.41) is 10.2. The number of rotatable bonds is 5. The molecule has 0 aliphatic heterocycles. The number of carbonyl (C=O) groups is 1. The van der Waals surface area contributed by atoms with Gasteiger partial charge in [-0.1, -0.05) is 0 Å². The molecule has 0 radical (unpaired) electrons. The van der Waals surface area contributed by atoms with E-state index in [-0.39, 0.29) is 23.8 Å². The lowest BCUT2D eigenvalue weighted by Gasteiger charge is -2.08. The molecule has 7 nitrogen and oxygen atoms in total. The molecule has 0 atom stereocenters. The molecule has 3 aromatic heterocycles. The van der Waals surface area contributed by atoms with Crippen LogP contribution in [0.2, 0.25) is 0 Å². The van der Waals surface area contributed by atoms with Crippen LogP contribution in [0.4, 0.5) is 4.39 Å². The van der Waals surface area contributed by atoms with Crippen molar-refractivity contribution in [2.45, 2.75) is 6.61 Å². The zero-order valence-corrected chi connectivity index (χ0v) is 17.1. The fourth-order valence-corrected chi connectivity index (χ4v) is 4.22. The Balaban J connectivity index is 1.38. The van der Waals surface area contributed by atoms with E-state index in [1.54, 1.807) is 35.7 Å². The molecule has 0 aliphatic carbocycles. The lowest BCUT2D eigenvalue weighted by molar-refractivity contribution is 0.103. The molecule has 0 bridgehead atoms. The van der Waals surface area contributed by atoms with Gasteiger partial charge in [-0.2, -0.15) is 0 Å². The summed E-state index contributed by atoms with van der Waals surface area (Å²) in [5.41, 5.74) is 1.52. The van der Waals surface area contributed by atoms with Crippen molar-refractivity contribution in [3.63, 3.8) is 0 Å². The molecule has 9 heteroatoms. The Hall–Kier alpha value is -3.85. The summed E-state index contributed by atoms with van der Waals surface area (Å²) >= 11 is 1.37. The fraction of sp³-hybridized carbons (Fsp3) is 0.0909. The standard InChI is InChI=1S/C22H15FN4O3S/c1-26-21(29)20-17(10-11-31-20)27-18(24-25-22(26)27)12-30-16-8-4-14(5-9-16)19(28)13-2-6-15(23)7-3-13/h2-11H,12H2,1H3. The van der Waals surface area contributed by atoms with Crippen molar-refractivity contribution in [1.82, 2.24) is 19.2 Å². The van der Waals surface area contributed by atoms with Crippen LogP contribution in [-0.2, 0) is 13.7 Å². The second kappa shape index (κ2) is 7.44. The number of aryl methyl sites for hydroxylation is 1. The van der Waals surface area contributed by atoms with E-state index in [0.29, 0.717) is 33.2 Å². The zero-order chi connectivity index (χ0) is 21.5. The first-order valence-electron chi connectivity index (χ1n) is 9.36. The van der Waals surface area contributed by atoms with Crippen LogP contribution < -0.4 is 10.3 Å². The van der Waals surface area contributed by atoms with E-state index in [2.05, 4.69) is 10.2 Å². The molecule has 0 spiro atoms. The number of thiophene rings is 1. The molecule has 0 amide bonds. The van der Waals surface area contributed by atoms with Gasteiger partial charge in [0.05, 0.1) is 5.52 Å². The monoisotopic (exact) mass is 434 g/mol. The predicted octanol–water partition coefficient (Wildman–Crippen LogP) is 3.59. The molecular weight excluding hydrogens is 419 g/mol. The Morgan fingerprint density at radius 2 is 1.71 bits per heavy atom. The summed E-state index contributed by atoms with van der Waals surface area (Å²) < 4.78 is 22.8. The molecule has 0 fully saturated rings. The number of nitrogens with zero attached hydrogens (tertiary/aromatic N) is 4. The van der Waals surface area contributed by atoms with E-state index in [1.165, 1.54) is 40.2 Å². The Morgan fingerprint density at radius 3 is 2.42 bits per heavy atom. The van der Waals surface area contributed by atoms with Crippen LogP contribution in [0.1, 0.15) is 21.7 Å². The van der Waals surface area contributed by atoms with Gasteiger partial charge in [0.1, 0.15) is 22.9 Å². The van der Waals surface area contributed by atoms with Crippen LogP contribution in [0.25, 0.3) is 16.0 Å². The average Bonchev–Trinajstić information content (AvgIpc) is 3.44. The van der Waals surface area contributed by atoms with Crippen LogP contribution in [-0.4, -0.2) is 24.9 Å². The highest BCUT2D eigenvalue weighted by molar-refractivity contribution is 7.17. The summed E-state index contributed by atoms with van der Waals surface area (Å²) in [6.45, 7) is 0.134. The van der Waals surface area contributed by atoms with Crippen molar-refractivity contribution in [2.75, 3.05) is 0 Å². The van der Waals surface area contributed by atoms with Crippen LogP contribution >= 0.6 is 11.3 Å². The van der Waals surface area contributed by atoms with E-state index in [4.69, 9.17) is 4.74 Å². The summed E-state index contributed by atoms with van der Waals surface area (Å²) in [6.07, 6.45) is 0. The van der Waals surface area contributed by atoms with Crippen molar-refractivity contribution in [1.29, 1.82) is 0 Å². The van der Waals surface area contributed by atoms with E-state index in [0.717, 1.165) is 5.52 Å². The van der Waals surface area contributed by atoms with Gasteiger partial charge in [0.15, 0.2) is 11.6 Å². The lowest BCUT2D eigenvalue weighted by atomic mass is 10.0. The van der Waals surface area contributed by atoms with E-state index in [9.17, 15) is 14.0 Å². The number of halogens is 1. The Bertz CT molecular complexity index is 1480. The Morgan fingerprint density at radius 1 is 1.03 bits per heavy atom. The number of hydrogen-bond donors (Lipinski definition) is 0. The highest BCUT2D eigenvalue weighted by Crippen LogP contribution is 2.21. The van der Waals surface area contributed by atoms with Gasteiger partial charge in [0.2, 0.25) is 5.78 Å². The molecule has 154 valence electrons. The van der Waals surface area contributed by atoms with Gasteiger partial charge in [-0.25, -0.2) is 4.39 Å². The van der Waals surface area contributed by atoms with Crippen LogP contribution in [0.15, 0.2) is 64.8 Å². The molecule has 0 aliphatic rings. The number of aromatic nitrogens is 4. The lowest BCUT2D eigenvalue weighted by Crippen LogP contribution is -2.19. The highest BCUT2D eigenvalue weighted by Gasteiger charge is 2.16. The first kappa shape index (κ1) is 19.1. The molecular formula is C22H15FN4O3S. The third-order valence-corrected chi connectivity index (χ3v) is 5.88. The largest absolute Gasteiger partial charge is 0.486 e. The number of hydrogen-bond acceptors (Lipinski definition) is 6. The van der Waals surface area contributed by atoms with Gasteiger partial charge < -0.3 is 4.74 Å². The summed E-state index contributed by atoms with van der Waals surface area (Å²) in [5.74, 6) is 0.964. The number of carbonyl (C=O) groups excluding carboxylic acids is 1. The van der Waals surface area contributed by atoms with Gasteiger partial charge in [-0.15, -0.1) is 21.5 Å². The molecule has 5 aromatic rings. The number of ether oxygens (including phenoxy) is 1. The minimum Gasteiger partial charge on any atom is -0.486 e. The SMILES string of the molecule is Cn1c(=O)c2sccc2n2c(COc3ccc(C(=O)c4ccc(F)cc4)cc3)nnc12. The van der Waals surface area contributed by atoms with Gasteiger partial charge >= 0.3 is 0 Å². The van der Waals surface area contributed by atoms with Crippen molar-refractivity contribution < 1.29 is 13.9 Å². The Labute approximate surface area is 179 Å². The van der Waals surface area contributed by atoms with Crippen LogP contribution in [0.3, 0.4) is 0 Å². The summed E-state index contributed by atoms with van der Waals surface area (Å²) in [6, 6.07) is 14.0. The molecule has 5 rings (SSSR count). The second-order valence-corrected chi connectivity index (χ2v) is 7.82. The minimum absolute atomic E-state index is 0.112. The molecule has 2 aromatic carbocycles. The quantitative estimate of drug-likeness (QED) is 0.395. The van der Waals surface area contributed by atoms with Crippen molar-refractivity contribution >= 4 is 33.1 Å². The maximum absolute atomic E-state index is 13.1. The smallest absolute Gasteiger partial charge is 0.272 e. The minimum atomic E-state index is -0.388. The number of benzene rings is 2. The number of fused-ring (bicyclic) bond motifs is 3. The van der Waals surface area contributed by atoms with Crippen LogP contribution in [0, 0.1) is 5.82 Å². The summed E-state index contributed by atoms with van der Waals surface area (Å²) in [4.78, 5) is 24.9. The van der Waals surface area contributed by atoms with Crippen molar-refractivity contribution in [2.24, 2.45) is 7.05 Å². The Kier molecular flexibility index (Phi) is 4.59. The van der Waals surface area contributed by atoms with Crippen LogP contribution in [0.5, 0.6) is 5.75 Å². The van der Waals surface area contributed by atoms with Gasteiger partial charge in [-0.05, 0) is 60.0 Å². The third kappa shape index (κ3) is 3.28. The maximum atomic E-state index is 13.1. The first-order chi connectivity index (χ1) is 15.0. The van der Waals surface area contributed by atoms with Crippen molar-refractivity contribution in [3.8, 4) is 5.75 Å².